The molecule has 19 heavy (non-hydrogen) atoms. The van der Waals surface area contributed by atoms with E-state index in [9.17, 15) is 0 Å². The zero-order valence-corrected chi connectivity index (χ0v) is 11.7. The molecule has 0 bridgehead atoms. The van der Waals surface area contributed by atoms with Gasteiger partial charge in [-0.15, -0.1) is 0 Å². The van der Waals surface area contributed by atoms with Gasteiger partial charge in [0.15, 0.2) is 0 Å². The molecule has 2 rings (SSSR count). The molecule has 100 valence electrons. The first-order valence-corrected chi connectivity index (χ1v) is 6.41. The van der Waals surface area contributed by atoms with Gasteiger partial charge in [-0.2, -0.15) is 0 Å². The Labute approximate surface area is 118 Å². The Morgan fingerprint density at radius 1 is 1.11 bits per heavy atom. The molecule has 0 aliphatic rings. The van der Waals surface area contributed by atoms with Crippen molar-refractivity contribution in [1.82, 2.24) is 5.43 Å². The predicted octanol–water partition coefficient (Wildman–Crippen LogP) is 3.21. The predicted molar refractivity (Wildman–Crippen MR) is 78.3 cm³/mol. The minimum absolute atomic E-state index is 0.205. The third-order valence-corrected chi connectivity index (χ3v) is 3.67. The van der Waals surface area contributed by atoms with E-state index in [2.05, 4.69) is 5.43 Å². The number of aryl methyl sites for hydroxylation is 1. The Kier molecular flexibility index (Phi) is 4.43. The molecule has 4 heteroatoms. The van der Waals surface area contributed by atoms with Crippen molar-refractivity contribution in [1.29, 1.82) is 0 Å². The van der Waals surface area contributed by atoms with Crippen molar-refractivity contribution in [2.45, 2.75) is 13.0 Å². The van der Waals surface area contributed by atoms with E-state index in [0.29, 0.717) is 0 Å². The number of hydrazine groups is 1. The Morgan fingerprint density at radius 3 is 2.47 bits per heavy atom. The molecule has 0 heterocycles. The van der Waals surface area contributed by atoms with Gasteiger partial charge < -0.3 is 4.74 Å². The van der Waals surface area contributed by atoms with Crippen molar-refractivity contribution in [2.75, 3.05) is 7.11 Å². The standard InChI is InChI=1S/C15H17ClN2O/c1-10-6-5-8-12(14(10)16)15(18-17)11-7-3-4-9-13(11)19-2/h3-9,15,18H,17H2,1-2H3. The number of nitrogens with one attached hydrogen (secondary N) is 1. The summed E-state index contributed by atoms with van der Waals surface area (Å²) in [6, 6.07) is 13.5. The number of ether oxygens (including phenoxy) is 1. The molecular weight excluding hydrogens is 260 g/mol. The molecule has 0 saturated heterocycles. The van der Waals surface area contributed by atoms with Crippen molar-refractivity contribution in [3.05, 3.63) is 64.2 Å². The summed E-state index contributed by atoms with van der Waals surface area (Å²) < 4.78 is 5.38. The second-order valence-electron chi connectivity index (χ2n) is 4.32. The maximum atomic E-state index is 6.38. The van der Waals surface area contributed by atoms with E-state index in [-0.39, 0.29) is 6.04 Å². The van der Waals surface area contributed by atoms with E-state index >= 15 is 0 Å². The van der Waals surface area contributed by atoms with Gasteiger partial charge in [0.1, 0.15) is 5.75 Å². The van der Waals surface area contributed by atoms with Gasteiger partial charge in [-0.1, -0.05) is 48.0 Å². The van der Waals surface area contributed by atoms with Crippen LogP contribution in [0.5, 0.6) is 5.75 Å². The molecule has 2 aromatic rings. The van der Waals surface area contributed by atoms with Crippen LogP contribution in [-0.2, 0) is 0 Å². The van der Waals surface area contributed by atoms with Gasteiger partial charge in [0.05, 0.1) is 13.2 Å². The maximum absolute atomic E-state index is 6.38. The van der Waals surface area contributed by atoms with Crippen LogP contribution in [-0.4, -0.2) is 7.11 Å². The van der Waals surface area contributed by atoms with Crippen LogP contribution in [0.4, 0.5) is 0 Å². The number of nitrogens with two attached hydrogens (primary N) is 1. The van der Waals surface area contributed by atoms with E-state index in [1.165, 1.54) is 0 Å². The van der Waals surface area contributed by atoms with Gasteiger partial charge in [-0.05, 0) is 24.1 Å². The van der Waals surface area contributed by atoms with Gasteiger partial charge >= 0.3 is 0 Å². The first kappa shape index (κ1) is 13.9. The number of halogens is 1. The molecular formula is C15H17ClN2O. The van der Waals surface area contributed by atoms with Crippen LogP contribution in [0.15, 0.2) is 42.5 Å². The number of methoxy groups -OCH3 is 1. The smallest absolute Gasteiger partial charge is 0.124 e. The SMILES string of the molecule is COc1ccccc1C(NN)c1cccc(C)c1Cl. The second-order valence-corrected chi connectivity index (χ2v) is 4.70. The van der Waals surface area contributed by atoms with Crippen LogP contribution in [0.2, 0.25) is 5.02 Å². The maximum Gasteiger partial charge on any atom is 0.124 e. The first-order chi connectivity index (χ1) is 9.19. The summed E-state index contributed by atoms with van der Waals surface area (Å²) in [5.41, 5.74) is 5.73. The minimum Gasteiger partial charge on any atom is -0.496 e. The van der Waals surface area contributed by atoms with Crippen LogP contribution < -0.4 is 16.0 Å². The van der Waals surface area contributed by atoms with Crippen molar-refractivity contribution in [3.63, 3.8) is 0 Å². The summed E-state index contributed by atoms with van der Waals surface area (Å²) in [5, 5.41) is 0.719. The monoisotopic (exact) mass is 276 g/mol. The highest BCUT2D eigenvalue weighted by atomic mass is 35.5. The molecule has 3 N–H and O–H groups in total. The molecule has 2 aromatic carbocycles. The quantitative estimate of drug-likeness (QED) is 0.666. The number of benzene rings is 2. The van der Waals surface area contributed by atoms with E-state index in [1.807, 2.05) is 49.4 Å². The van der Waals surface area contributed by atoms with Crippen LogP contribution in [0.1, 0.15) is 22.7 Å². The summed E-state index contributed by atoms with van der Waals surface area (Å²) >= 11 is 6.38. The van der Waals surface area contributed by atoms with Crippen LogP contribution in [0.3, 0.4) is 0 Å². The number of para-hydroxylation sites is 1. The average molecular weight is 277 g/mol. The van der Waals surface area contributed by atoms with E-state index in [4.69, 9.17) is 22.2 Å². The van der Waals surface area contributed by atoms with Crippen molar-refractivity contribution >= 4 is 11.6 Å². The minimum atomic E-state index is -0.205. The first-order valence-electron chi connectivity index (χ1n) is 6.03. The molecule has 0 saturated carbocycles. The second kappa shape index (κ2) is 6.06. The van der Waals surface area contributed by atoms with Gasteiger partial charge in [0.2, 0.25) is 0 Å². The topological polar surface area (TPSA) is 47.3 Å². The fourth-order valence-electron chi connectivity index (χ4n) is 2.15. The molecule has 1 unspecified atom stereocenters. The molecule has 0 aliphatic heterocycles. The molecule has 0 radical (unpaired) electrons. The lowest BCUT2D eigenvalue weighted by molar-refractivity contribution is 0.404. The molecule has 3 nitrogen and oxygen atoms in total. The lowest BCUT2D eigenvalue weighted by Crippen LogP contribution is -2.29. The summed E-state index contributed by atoms with van der Waals surface area (Å²) in [4.78, 5) is 0. The zero-order chi connectivity index (χ0) is 13.8. The van der Waals surface area contributed by atoms with Crippen LogP contribution in [0.25, 0.3) is 0 Å². The van der Waals surface area contributed by atoms with Crippen LogP contribution >= 0.6 is 11.6 Å². The largest absolute Gasteiger partial charge is 0.496 e. The van der Waals surface area contributed by atoms with Crippen LogP contribution in [0, 0.1) is 6.92 Å². The molecule has 0 spiro atoms. The highest BCUT2D eigenvalue weighted by molar-refractivity contribution is 6.32. The van der Waals surface area contributed by atoms with Gasteiger partial charge in [-0.25, -0.2) is 5.43 Å². The molecule has 0 aromatic heterocycles. The van der Waals surface area contributed by atoms with Gasteiger partial charge in [0.25, 0.3) is 0 Å². The normalized spacial score (nSPS) is 12.2. The summed E-state index contributed by atoms with van der Waals surface area (Å²) in [6.45, 7) is 1.97. The zero-order valence-electron chi connectivity index (χ0n) is 11.0. The van der Waals surface area contributed by atoms with E-state index < -0.39 is 0 Å². The number of hydrogen-bond acceptors (Lipinski definition) is 3. The summed E-state index contributed by atoms with van der Waals surface area (Å²) in [6.07, 6.45) is 0. The fraction of sp³-hybridized carbons (Fsp3) is 0.200. The van der Waals surface area contributed by atoms with Crippen molar-refractivity contribution in [3.8, 4) is 5.75 Å². The Hall–Kier alpha value is -1.55. The van der Waals surface area contributed by atoms with Crippen molar-refractivity contribution < 1.29 is 4.74 Å². The average Bonchev–Trinajstić information content (AvgIpc) is 2.45. The van der Waals surface area contributed by atoms with Gasteiger partial charge in [0, 0.05) is 10.6 Å². The molecule has 1 atom stereocenters. The van der Waals surface area contributed by atoms with Gasteiger partial charge in [-0.3, -0.25) is 5.84 Å². The molecule has 0 amide bonds. The Bertz CT molecular complexity index is 572. The van der Waals surface area contributed by atoms with E-state index in [0.717, 1.165) is 27.5 Å². The summed E-state index contributed by atoms with van der Waals surface area (Å²) in [7, 11) is 1.64. The third kappa shape index (κ3) is 2.73. The fourth-order valence-corrected chi connectivity index (χ4v) is 2.38. The summed E-state index contributed by atoms with van der Waals surface area (Å²) in [5.74, 6) is 6.50. The lowest BCUT2D eigenvalue weighted by Gasteiger charge is -2.21. The number of rotatable bonds is 4. The molecule has 0 fully saturated rings. The Balaban J connectivity index is 2.53. The Morgan fingerprint density at radius 2 is 1.79 bits per heavy atom. The lowest BCUT2D eigenvalue weighted by atomic mass is 9.97. The van der Waals surface area contributed by atoms with E-state index in [1.54, 1.807) is 7.11 Å². The third-order valence-electron chi connectivity index (χ3n) is 3.15. The number of hydrogen-bond donors (Lipinski definition) is 2. The highest BCUT2D eigenvalue weighted by Gasteiger charge is 2.19. The van der Waals surface area contributed by atoms with Crippen molar-refractivity contribution in [2.24, 2.45) is 5.84 Å². The highest BCUT2D eigenvalue weighted by Crippen LogP contribution is 2.34. The molecule has 0 aliphatic carbocycles.